The summed E-state index contributed by atoms with van der Waals surface area (Å²) in [5.41, 5.74) is 1.66. The lowest BCUT2D eigenvalue weighted by molar-refractivity contribution is -0.131. The molecular weight excluding hydrogens is 370 g/mol. The molecule has 0 aliphatic carbocycles. The lowest BCUT2D eigenvalue weighted by Crippen LogP contribution is -2.37. The van der Waals surface area contributed by atoms with Gasteiger partial charge in [-0.15, -0.1) is 11.3 Å². The zero-order valence-corrected chi connectivity index (χ0v) is 17.0. The van der Waals surface area contributed by atoms with Crippen molar-refractivity contribution in [3.05, 3.63) is 68.6 Å². The van der Waals surface area contributed by atoms with Gasteiger partial charge in [-0.05, 0) is 36.9 Å². The van der Waals surface area contributed by atoms with Crippen LogP contribution in [0.15, 0.2) is 52.6 Å². The van der Waals surface area contributed by atoms with Gasteiger partial charge in [-0.1, -0.05) is 18.2 Å². The highest BCUT2D eigenvalue weighted by Gasteiger charge is 2.20. The Labute approximate surface area is 168 Å². The predicted molar refractivity (Wildman–Crippen MR) is 114 cm³/mol. The zero-order valence-electron chi connectivity index (χ0n) is 16.1. The Morgan fingerprint density at radius 2 is 1.93 bits per heavy atom. The minimum atomic E-state index is 0.00999. The van der Waals surface area contributed by atoms with Crippen LogP contribution >= 0.6 is 11.3 Å². The molecule has 0 spiro atoms. The smallest absolute Gasteiger partial charge is 0.242 e. The van der Waals surface area contributed by atoms with Crippen LogP contribution in [0.3, 0.4) is 0 Å². The lowest BCUT2D eigenvalue weighted by Gasteiger charge is -2.23. The van der Waals surface area contributed by atoms with Crippen LogP contribution in [0.25, 0.3) is 10.9 Å². The standard InChI is InChI=1S/C22H25N3O2S/c1-17-14-21(26)19-7-2-3-8-20(19)25(17)16-22(27)24-10-5-9-23(11-12-24)15-18-6-4-13-28-18/h2-4,6-8,13-14H,5,9-12,15-16H2,1H3. The summed E-state index contributed by atoms with van der Waals surface area (Å²) in [7, 11) is 0. The first-order valence-electron chi connectivity index (χ1n) is 9.73. The van der Waals surface area contributed by atoms with E-state index in [2.05, 4.69) is 22.4 Å². The Morgan fingerprint density at radius 1 is 1.07 bits per heavy atom. The SMILES string of the molecule is Cc1cc(=O)c2ccccc2n1CC(=O)N1CCCN(Cc2cccs2)CC1. The fourth-order valence-electron chi connectivity index (χ4n) is 3.90. The van der Waals surface area contributed by atoms with Crippen molar-refractivity contribution < 1.29 is 4.79 Å². The average Bonchev–Trinajstić information content (AvgIpc) is 3.09. The van der Waals surface area contributed by atoms with Gasteiger partial charge in [0.05, 0.1) is 5.52 Å². The molecule has 1 saturated heterocycles. The minimum absolute atomic E-state index is 0.00999. The summed E-state index contributed by atoms with van der Waals surface area (Å²) in [4.78, 5) is 31.0. The monoisotopic (exact) mass is 395 g/mol. The summed E-state index contributed by atoms with van der Waals surface area (Å²) < 4.78 is 1.97. The molecule has 1 aromatic carbocycles. The maximum absolute atomic E-state index is 13.0. The number of hydrogen-bond acceptors (Lipinski definition) is 4. The number of rotatable bonds is 4. The van der Waals surface area contributed by atoms with Gasteiger partial charge in [0.1, 0.15) is 6.54 Å². The first-order chi connectivity index (χ1) is 13.6. The average molecular weight is 396 g/mol. The number of amides is 1. The van der Waals surface area contributed by atoms with Crippen molar-refractivity contribution in [2.45, 2.75) is 26.4 Å². The molecule has 4 rings (SSSR count). The van der Waals surface area contributed by atoms with Crippen LogP contribution < -0.4 is 5.43 Å². The molecule has 2 aromatic heterocycles. The van der Waals surface area contributed by atoms with Crippen LogP contribution in [0.4, 0.5) is 0 Å². The Hall–Kier alpha value is -2.44. The number of carbonyl (C=O) groups excluding carboxylic acids is 1. The van der Waals surface area contributed by atoms with E-state index in [9.17, 15) is 9.59 Å². The summed E-state index contributed by atoms with van der Waals surface area (Å²) in [6.45, 7) is 6.58. The number of thiophene rings is 1. The van der Waals surface area contributed by atoms with Gasteiger partial charge < -0.3 is 9.47 Å². The summed E-state index contributed by atoms with van der Waals surface area (Å²) >= 11 is 1.79. The van der Waals surface area contributed by atoms with Crippen LogP contribution in [0.1, 0.15) is 17.0 Å². The molecule has 146 valence electrons. The largest absolute Gasteiger partial charge is 0.340 e. The van der Waals surface area contributed by atoms with Crippen LogP contribution in [0, 0.1) is 6.92 Å². The maximum Gasteiger partial charge on any atom is 0.242 e. The molecule has 0 unspecified atom stereocenters. The Morgan fingerprint density at radius 3 is 2.75 bits per heavy atom. The zero-order chi connectivity index (χ0) is 19.5. The summed E-state index contributed by atoms with van der Waals surface area (Å²) in [5.74, 6) is 0.120. The molecule has 0 radical (unpaired) electrons. The van der Waals surface area contributed by atoms with E-state index in [1.54, 1.807) is 17.4 Å². The Balaban J connectivity index is 1.47. The Kier molecular flexibility index (Phi) is 5.59. The molecule has 0 saturated carbocycles. The number of pyridine rings is 1. The number of para-hydroxylation sites is 1. The van der Waals surface area contributed by atoms with Gasteiger partial charge in [0.2, 0.25) is 5.91 Å². The van der Waals surface area contributed by atoms with Crippen molar-refractivity contribution >= 4 is 28.1 Å². The molecule has 1 aliphatic heterocycles. The maximum atomic E-state index is 13.0. The van der Waals surface area contributed by atoms with E-state index in [0.29, 0.717) is 5.39 Å². The summed E-state index contributed by atoms with van der Waals surface area (Å²) in [5, 5.41) is 2.78. The van der Waals surface area contributed by atoms with E-state index in [1.807, 2.05) is 40.7 Å². The van der Waals surface area contributed by atoms with Crippen LogP contribution in [0.2, 0.25) is 0 Å². The summed E-state index contributed by atoms with van der Waals surface area (Å²) in [6.07, 6.45) is 0.987. The van der Waals surface area contributed by atoms with Gasteiger partial charge in [-0.3, -0.25) is 14.5 Å². The molecule has 0 bridgehead atoms. The molecule has 1 fully saturated rings. The Bertz CT molecular complexity index is 1030. The normalized spacial score (nSPS) is 15.7. The van der Waals surface area contributed by atoms with Crippen molar-refractivity contribution in [3.63, 3.8) is 0 Å². The molecule has 1 amide bonds. The molecule has 3 aromatic rings. The third kappa shape index (κ3) is 4.03. The number of aromatic nitrogens is 1. The topological polar surface area (TPSA) is 45.6 Å². The second kappa shape index (κ2) is 8.29. The number of carbonyl (C=O) groups is 1. The highest BCUT2D eigenvalue weighted by molar-refractivity contribution is 7.09. The quantitative estimate of drug-likeness (QED) is 0.682. The predicted octanol–water partition coefficient (Wildman–Crippen LogP) is 3.11. The van der Waals surface area contributed by atoms with Crippen molar-refractivity contribution in [1.82, 2.24) is 14.4 Å². The number of nitrogens with zero attached hydrogens (tertiary/aromatic N) is 3. The lowest BCUT2D eigenvalue weighted by atomic mass is 10.2. The second-order valence-electron chi connectivity index (χ2n) is 7.34. The minimum Gasteiger partial charge on any atom is -0.340 e. The van der Waals surface area contributed by atoms with Gasteiger partial charge in [0.15, 0.2) is 5.43 Å². The summed E-state index contributed by atoms with van der Waals surface area (Å²) in [6, 6.07) is 13.4. The van der Waals surface area contributed by atoms with Crippen LogP contribution in [0.5, 0.6) is 0 Å². The van der Waals surface area contributed by atoms with Crippen LogP contribution in [-0.4, -0.2) is 46.5 Å². The van der Waals surface area contributed by atoms with E-state index >= 15 is 0 Å². The molecule has 3 heterocycles. The molecule has 6 heteroatoms. The van der Waals surface area contributed by atoms with E-state index < -0.39 is 0 Å². The fourth-order valence-corrected chi connectivity index (χ4v) is 4.65. The molecule has 0 N–H and O–H groups in total. The first kappa shape index (κ1) is 18.9. The number of fused-ring (bicyclic) bond motifs is 1. The van der Waals surface area contributed by atoms with Gasteiger partial charge in [0, 0.05) is 54.7 Å². The highest BCUT2D eigenvalue weighted by Crippen LogP contribution is 2.16. The van der Waals surface area contributed by atoms with E-state index in [0.717, 1.165) is 50.4 Å². The van der Waals surface area contributed by atoms with Crippen molar-refractivity contribution in [2.24, 2.45) is 0 Å². The van der Waals surface area contributed by atoms with Gasteiger partial charge in [-0.25, -0.2) is 0 Å². The highest BCUT2D eigenvalue weighted by atomic mass is 32.1. The third-order valence-corrected chi connectivity index (χ3v) is 6.28. The van der Waals surface area contributed by atoms with Gasteiger partial charge in [0.25, 0.3) is 0 Å². The number of hydrogen-bond donors (Lipinski definition) is 0. The number of aryl methyl sites for hydroxylation is 1. The molecular formula is C22H25N3O2S. The number of benzene rings is 1. The van der Waals surface area contributed by atoms with Crippen molar-refractivity contribution in [1.29, 1.82) is 0 Å². The van der Waals surface area contributed by atoms with Gasteiger partial charge >= 0.3 is 0 Å². The fraction of sp³-hybridized carbons (Fsp3) is 0.364. The molecule has 28 heavy (non-hydrogen) atoms. The van der Waals surface area contributed by atoms with E-state index in [4.69, 9.17) is 0 Å². The van der Waals surface area contributed by atoms with Gasteiger partial charge in [-0.2, -0.15) is 0 Å². The van der Waals surface area contributed by atoms with Crippen molar-refractivity contribution in [2.75, 3.05) is 26.2 Å². The first-order valence-corrected chi connectivity index (χ1v) is 10.6. The molecule has 5 nitrogen and oxygen atoms in total. The van der Waals surface area contributed by atoms with E-state index in [-0.39, 0.29) is 17.9 Å². The molecule has 0 atom stereocenters. The van der Waals surface area contributed by atoms with Crippen LogP contribution in [-0.2, 0) is 17.9 Å². The third-order valence-electron chi connectivity index (χ3n) is 5.42. The van der Waals surface area contributed by atoms with E-state index in [1.165, 1.54) is 4.88 Å². The second-order valence-corrected chi connectivity index (χ2v) is 8.38. The van der Waals surface area contributed by atoms with Crippen molar-refractivity contribution in [3.8, 4) is 0 Å². The molecule has 1 aliphatic rings.